The van der Waals surface area contributed by atoms with E-state index in [9.17, 15) is 9.59 Å². The van der Waals surface area contributed by atoms with Gasteiger partial charge in [0.2, 0.25) is 0 Å². The van der Waals surface area contributed by atoms with Crippen LogP contribution in [0.15, 0.2) is 12.7 Å². The molecule has 1 heterocycles. The Morgan fingerprint density at radius 2 is 2.27 bits per heavy atom. The Bertz CT molecular complexity index is 264. The number of rotatable bonds is 3. The maximum absolute atomic E-state index is 11.5. The molecule has 1 atom stereocenters. The Balaban J connectivity index is 2.58. The molecule has 0 radical (unpaired) electrons. The van der Waals surface area contributed by atoms with Gasteiger partial charge in [0.1, 0.15) is 12.6 Å². The third-order valence-corrected chi connectivity index (χ3v) is 2.35. The first-order valence-electron chi connectivity index (χ1n) is 4.94. The fourth-order valence-corrected chi connectivity index (χ4v) is 1.62. The summed E-state index contributed by atoms with van der Waals surface area (Å²) in [5, 5.41) is 8.91. The van der Waals surface area contributed by atoms with E-state index < -0.39 is 18.1 Å². The molecule has 84 valence electrons. The van der Waals surface area contributed by atoms with E-state index in [2.05, 4.69) is 6.58 Å². The number of carbonyl (C=O) groups excluding carboxylic acids is 1. The highest BCUT2D eigenvalue weighted by Gasteiger charge is 2.32. The molecular weight excluding hydrogens is 198 g/mol. The number of hydrogen-bond donors (Lipinski definition) is 1. The lowest BCUT2D eigenvalue weighted by Crippen LogP contribution is -2.48. The van der Waals surface area contributed by atoms with Crippen LogP contribution >= 0.6 is 0 Å². The normalized spacial score (nSPS) is 20.8. The average Bonchev–Trinajstić information content (AvgIpc) is 2.25. The zero-order valence-electron chi connectivity index (χ0n) is 8.52. The van der Waals surface area contributed by atoms with Crippen LogP contribution in [-0.2, 0) is 9.53 Å². The van der Waals surface area contributed by atoms with E-state index in [1.807, 2.05) is 0 Å². The Kier molecular flexibility index (Phi) is 4.15. The minimum absolute atomic E-state index is 0.113. The summed E-state index contributed by atoms with van der Waals surface area (Å²) >= 11 is 0. The molecule has 1 aliphatic rings. The van der Waals surface area contributed by atoms with E-state index in [1.54, 1.807) is 0 Å². The first-order valence-corrected chi connectivity index (χ1v) is 4.94. The van der Waals surface area contributed by atoms with Crippen LogP contribution in [0, 0.1) is 0 Å². The third-order valence-electron chi connectivity index (χ3n) is 2.35. The summed E-state index contributed by atoms with van der Waals surface area (Å²) in [5.74, 6) is -0.967. The lowest BCUT2D eigenvalue weighted by molar-refractivity contribution is -0.143. The average molecular weight is 213 g/mol. The molecule has 0 aromatic rings. The summed E-state index contributed by atoms with van der Waals surface area (Å²) in [7, 11) is 0. The molecule has 1 rings (SSSR count). The van der Waals surface area contributed by atoms with Crippen LogP contribution in [0.4, 0.5) is 4.79 Å². The number of likely N-dealkylation sites (tertiary alicyclic amines) is 1. The van der Waals surface area contributed by atoms with Crippen LogP contribution < -0.4 is 0 Å². The van der Waals surface area contributed by atoms with E-state index in [0.717, 1.165) is 12.8 Å². The predicted molar refractivity (Wildman–Crippen MR) is 53.5 cm³/mol. The quantitative estimate of drug-likeness (QED) is 0.716. The van der Waals surface area contributed by atoms with Crippen molar-refractivity contribution in [2.24, 2.45) is 0 Å². The van der Waals surface area contributed by atoms with Crippen LogP contribution in [0.25, 0.3) is 0 Å². The minimum Gasteiger partial charge on any atom is -0.480 e. The van der Waals surface area contributed by atoms with Crippen molar-refractivity contribution in [3.63, 3.8) is 0 Å². The number of carboxylic acid groups (broad SMARTS) is 1. The molecule has 1 fully saturated rings. The lowest BCUT2D eigenvalue weighted by Gasteiger charge is -2.31. The summed E-state index contributed by atoms with van der Waals surface area (Å²) in [5.41, 5.74) is 0. The van der Waals surface area contributed by atoms with Gasteiger partial charge in [-0.05, 0) is 19.3 Å². The molecule has 1 saturated heterocycles. The molecule has 0 bridgehead atoms. The Hall–Kier alpha value is -1.52. The Labute approximate surface area is 88.3 Å². The van der Waals surface area contributed by atoms with Crippen molar-refractivity contribution in [3.05, 3.63) is 12.7 Å². The molecule has 1 aliphatic heterocycles. The predicted octanol–water partition coefficient (Wildman–Crippen LogP) is 1.25. The molecule has 15 heavy (non-hydrogen) atoms. The minimum atomic E-state index is -0.967. The number of aliphatic carboxylic acids is 1. The monoisotopic (exact) mass is 213 g/mol. The SMILES string of the molecule is C=CCOC(=O)N1CCCCC1C(=O)O. The summed E-state index contributed by atoms with van der Waals surface area (Å²) in [4.78, 5) is 23.6. The first kappa shape index (κ1) is 11.6. The van der Waals surface area contributed by atoms with Gasteiger partial charge < -0.3 is 9.84 Å². The van der Waals surface area contributed by atoms with Gasteiger partial charge in [-0.2, -0.15) is 0 Å². The molecule has 1 N–H and O–H groups in total. The molecule has 0 aromatic heterocycles. The zero-order chi connectivity index (χ0) is 11.3. The number of amides is 1. The molecule has 0 aliphatic carbocycles. The van der Waals surface area contributed by atoms with Crippen molar-refractivity contribution >= 4 is 12.1 Å². The van der Waals surface area contributed by atoms with E-state index in [4.69, 9.17) is 9.84 Å². The smallest absolute Gasteiger partial charge is 0.410 e. The van der Waals surface area contributed by atoms with Crippen LogP contribution in [0.3, 0.4) is 0 Å². The van der Waals surface area contributed by atoms with E-state index in [-0.39, 0.29) is 6.61 Å². The standard InChI is InChI=1S/C10H15NO4/c1-2-7-15-10(14)11-6-4-3-5-8(11)9(12)13/h2,8H,1,3-7H2,(H,12,13). The number of carbonyl (C=O) groups is 2. The van der Waals surface area contributed by atoms with Gasteiger partial charge in [-0.1, -0.05) is 12.7 Å². The lowest BCUT2D eigenvalue weighted by atomic mass is 10.0. The summed E-state index contributed by atoms with van der Waals surface area (Å²) in [6.07, 6.45) is 3.05. The largest absolute Gasteiger partial charge is 0.480 e. The highest BCUT2D eigenvalue weighted by Crippen LogP contribution is 2.18. The number of hydrogen-bond acceptors (Lipinski definition) is 3. The second-order valence-corrected chi connectivity index (χ2v) is 3.41. The molecule has 0 spiro atoms. The highest BCUT2D eigenvalue weighted by molar-refractivity contribution is 5.80. The van der Waals surface area contributed by atoms with Gasteiger partial charge >= 0.3 is 12.1 Å². The van der Waals surface area contributed by atoms with Crippen LogP contribution in [0.1, 0.15) is 19.3 Å². The van der Waals surface area contributed by atoms with Crippen LogP contribution in [0.2, 0.25) is 0 Å². The third kappa shape index (κ3) is 2.97. The van der Waals surface area contributed by atoms with E-state index in [0.29, 0.717) is 13.0 Å². The zero-order valence-corrected chi connectivity index (χ0v) is 8.52. The second kappa shape index (κ2) is 5.38. The number of piperidine rings is 1. The van der Waals surface area contributed by atoms with E-state index in [1.165, 1.54) is 11.0 Å². The highest BCUT2D eigenvalue weighted by atomic mass is 16.6. The van der Waals surface area contributed by atoms with Crippen molar-refractivity contribution in [3.8, 4) is 0 Å². The molecule has 5 heteroatoms. The van der Waals surface area contributed by atoms with Crippen molar-refractivity contribution in [1.82, 2.24) is 4.90 Å². The van der Waals surface area contributed by atoms with Crippen molar-refractivity contribution in [2.75, 3.05) is 13.2 Å². The van der Waals surface area contributed by atoms with E-state index >= 15 is 0 Å². The Morgan fingerprint density at radius 3 is 2.87 bits per heavy atom. The molecule has 0 saturated carbocycles. The fraction of sp³-hybridized carbons (Fsp3) is 0.600. The maximum Gasteiger partial charge on any atom is 0.410 e. The van der Waals surface area contributed by atoms with Crippen molar-refractivity contribution < 1.29 is 19.4 Å². The summed E-state index contributed by atoms with van der Waals surface area (Å²) in [6, 6.07) is -0.740. The molecule has 1 amide bonds. The first-order chi connectivity index (χ1) is 7.16. The van der Waals surface area contributed by atoms with Gasteiger partial charge in [-0.15, -0.1) is 0 Å². The molecule has 5 nitrogen and oxygen atoms in total. The maximum atomic E-state index is 11.5. The number of nitrogens with zero attached hydrogens (tertiary/aromatic N) is 1. The van der Waals surface area contributed by atoms with Gasteiger partial charge in [0.15, 0.2) is 0 Å². The van der Waals surface area contributed by atoms with Gasteiger partial charge in [-0.3, -0.25) is 4.90 Å². The number of ether oxygens (including phenoxy) is 1. The van der Waals surface area contributed by atoms with Crippen LogP contribution in [0.5, 0.6) is 0 Å². The van der Waals surface area contributed by atoms with Crippen molar-refractivity contribution in [1.29, 1.82) is 0 Å². The number of carboxylic acids is 1. The molecular formula is C10H15NO4. The molecule has 1 unspecified atom stereocenters. The topological polar surface area (TPSA) is 66.8 Å². The van der Waals surface area contributed by atoms with Crippen molar-refractivity contribution in [2.45, 2.75) is 25.3 Å². The van der Waals surface area contributed by atoms with Gasteiger partial charge in [0, 0.05) is 6.54 Å². The summed E-state index contributed by atoms with van der Waals surface area (Å²) < 4.78 is 4.82. The summed E-state index contributed by atoms with van der Waals surface area (Å²) in [6.45, 7) is 3.98. The van der Waals surface area contributed by atoms with Crippen LogP contribution in [-0.4, -0.2) is 41.3 Å². The molecule has 0 aromatic carbocycles. The second-order valence-electron chi connectivity index (χ2n) is 3.41. The van der Waals surface area contributed by atoms with Gasteiger partial charge in [0.05, 0.1) is 0 Å². The Morgan fingerprint density at radius 1 is 1.53 bits per heavy atom. The fourth-order valence-electron chi connectivity index (χ4n) is 1.62. The van der Waals surface area contributed by atoms with Gasteiger partial charge in [-0.25, -0.2) is 9.59 Å². The van der Waals surface area contributed by atoms with Gasteiger partial charge in [0.25, 0.3) is 0 Å².